The summed E-state index contributed by atoms with van der Waals surface area (Å²) in [6.07, 6.45) is 0. The molecule has 2 rings (SSSR count). The van der Waals surface area contributed by atoms with Crippen molar-refractivity contribution in [3.63, 3.8) is 0 Å². The molecule has 1 aromatic carbocycles. The number of nitro benzene ring substituents is 1. The molecule has 0 fully saturated rings. The van der Waals surface area contributed by atoms with Crippen LogP contribution in [0.3, 0.4) is 0 Å². The van der Waals surface area contributed by atoms with E-state index in [4.69, 9.17) is 9.57 Å². The molecule has 1 atom stereocenters. The number of carbonyl (C=O) groups is 1. The van der Waals surface area contributed by atoms with E-state index in [9.17, 15) is 14.9 Å². The number of benzene rings is 1. The molecular formula is C18H21N3O5. The van der Waals surface area contributed by atoms with Crippen molar-refractivity contribution < 1.29 is 19.3 Å². The minimum absolute atomic E-state index is 0.0544. The highest BCUT2D eigenvalue weighted by molar-refractivity contribution is 6.06. The Morgan fingerprint density at radius 3 is 2.58 bits per heavy atom. The lowest BCUT2D eigenvalue weighted by molar-refractivity contribution is -0.384. The van der Waals surface area contributed by atoms with Gasteiger partial charge in [0.15, 0.2) is 0 Å². The highest BCUT2D eigenvalue weighted by atomic mass is 16.6. The number of non-ortho nitro benzene ring substituents is 1. The fraction of sp³-hybridized carbons (Fsp3) is 0.333. The van der Waals surface area contributed by atoms with E-state index >= 15 is 0 Å². The first-order chi connectivity index (χ1) is 12.3. The minimum atomic E-state index is -0.567. The monoisotopic (exact) mass is 359 g/mol. The Morgan fingerprint density at radius 2 is 2.00 bits per heavy atom. The standard InChI is InChI=1S/C18H21N3O5/c1-10-15(12(3)20-26-5)17(16(11(2)19-10)18(22)25-4)13-7-6-8-14(9-13)21(23)24/h6-9,17,20H,1-5H3/b15-12+. The number of allylic oxidation sites excluding steroid dienone is 3. The van der Waals surface area contributed by atoms with Gasteiger partial charge in [0.2, 0.25) is 0 Å². The van der Waals surface area contributed by atoms with Crippen LogP contribution in [0.5, 0.6) is 0 Å². The van der Waals surface area contributed by atoms with Crippen molar-refractivity contribution in [2.45, 2.75) is 26.7 Å². The molecule has 26 heavy (non-hydrogen) atoms. The summed E-state index contributed by atoms with van der Waals surface area (Å²) in [5, 5.41) is 11.2. The second-order valence-corrected chi connectivity index (χ2v) is 5.82. The van der Waals surface area contributed by atoms with E-state index in [-0.39, 0.29) is 5.69 Å². The van der Waals surface area contributed by atoms with Gasteiger partial charge >= 0.3 is 5.97 Å². The largest absolute Gasteiger partial charge is 0.466 e. The van der Waals surface area contributed by atoms with Gasteiger partial charge in [-0.05, 0) is 26.3 Å². The van der Waals surface area contributed by atoms with Crippen LogP contribution in [0.15, 0.2) is 51.8 Å². The summed E-state index contributed by atoms with van der Waals surface area (Å²) >= 11 is 0. The van der Waals surface area contributed by atoms with E-state index in [0.717, 1.165) is 0 Å². The molecule has 0 saturated heterocycles. The van der Waals surface area contributed by atoms with Gasteiger partial charge in [-0.25, -0.2) is 4.79 Å². The maximum atomic E-state index is 12.5. The van der Waals surface area contributed by atoms with Crippen LogP contribution < -0.4 is 5.48 Å². The third-order valence-electron chi connectivity index (χ3n) is 4.17. The average molecular weight is 359 g/mol. The lowest BCUT2D eigenvalue weighted by Crippen LogP contribution is -2.27. The van der Waals surface area contributed by atoms with Crippen molar-refractivity contribution in [3.8, 4) is 0 Å². The number of hydrogen-bond acceptors (Lipinski definition) is 7. The molecule has 0 saturated carbocycles. The molecule has 1 aliphatic rings. The maximum Gasteiger partial charge on any atom is 0.336 e. The zero-order chi connectivity index (χ0) is 19.4. The number of esters is 1. The summed E-state index contributed by atoms with van der Waals surface area (Å²) in [5.41, 5.74) is 6.21. The van der Waals surface area contributed by atoms with Crippen LogP contribution >= 0.6 is 0 Å². The molecule has 8 heteroatoms. The summed E-state index contributed by atoms with van der Waals surface area (Å²) in [7, 11) is 2.77. The van der Waals surface area contributed by atoms with Crippen LogP contribution in [0.25, 0.3) is 0 Å². The number of hydrogen-bond donors (Lipinski definition) is 1. The Labute approximate surface area is 151 Å². The fourth-order valence-electron chi connectivity index (χ4n) is 3.16. The second kappa shape index (κ2) is 7.92. The highest BCUT2D eigenvalue weighted by Crippen LogP contribution is 2.40. The smallest absolute Gasteiger partial charge is 0.336 e. The Balaban J connectivity index is 2.77. The van der Waals surface area contributed by atoms with Crippen molar-refractivity contribution in [1.29, 1.82) is 0 Å². The van der Waals surface area contributed by atoms with Crippen LogP contribution in [0.2, 0.25) is 0 Å². The van der Waals surface area contributed by atoms with Gasteiger partial charge in [-0.1, -0.05) is 12.1 Å². The summed E-state index contributed by atoms with van der Waals surface area (Å²) in [6.45, 7) is 5.33. The van der Waals surface area contributed by atoms with Crippen molar-refractivity contribution in [3.05, 3.63) is 62.5 Å². The zero-order valence-corrected chi connectivity index (χ0v) is 15.3. The normalized spacial score (nSPS) is 19.0. The average Bonchev–Trinajstić information content (AvgIpc) is 2.60. The van der Waals surface area contributed by atoms with Gasteiger partial charge in [-0.15, -0.1) is 0 Å². The first-order valence-electron chi connectivity index (χ1n) is 7.90. The fourth-order valence-corrected chi connectivity index (χ4v) is 3.16. The molecular weight excluding hydrogens is 338 g/mol. The van der Waals surface area contributed by atoms with Crippen LogP contribution in [0.1, 0.15) is 32.3 Å². The topological polar surface area (TPSA) is 103 Å². The third kappa shape index (κ3) is 3.65. The van der Waals surface area contributed by atoms with Crippen LogP contribution in [0.4, 0.5) is 5.69 Å². The van der Waals surface area contributed by atoms with Crippen molar-refractivity contribution in [1.82, 2.24) is 5.48 Å². The summed E-state index contributed by atoms with van der Waals surface area (Å²) in [6, 6.07) is 6.20. The van der Waals surface area contributed by atoms with Gasteiger partial charge in [0, 0.05) is 40.7 Å². The zero-order valence-electron chi connectivity index (χ0n) is 15.3. The first-order valence-corrected chi connectivity index (χ1v) is 7.90. The molecule has 1 N–H and O–H groups in total. The van der Waals surface area contributed by atoms with Gasteiger partial charge in [-0.2, -0.15) is 0 Å². The predicted octanol–water partition coefficient (Wildman–Crippen LogP) is 3.02. The van der Waals surface area contributed by atoms with E-state index in [1.165, 1.54) is 26.4 Å². The Kier molecular flexibility index (Phi) is 5.89. The molecule has 1 aromatic rings. The first kappa shape index (κ1) is 19.3. The summed E-state index contributed by atoms with van der Waals surface area (Å²) < 4.78 is 4.94. The lowest BCUT2D eigenvalue weighted by Gasteiger charge is -2.29. The number of rotatable bonds is 5. The molecule has 0 amide bonds. The van der Waals surface area contributed by atoms with E-state index < -0.39 is 16.8 Å². The molecule has 0 spiro atoms. The summed E-state index contributed by atoms with van der Waals surface area (Å²) in [4.78, 5) is 32.6. The second-order valence-electron chi connectivity index (χ2n) is 5.82. The minimum Gasteiger partial charge on any atom is -0.466 e. The number of nitrogens with zero attached hydrogens (tertiary/aromatic N) is 2. The van der Waals surface area contributed by atoms with Gasteiger partial charge in [0.05, 0.1) is 24.7 Å². The molecule has 138 valence electrons. The van der Waals surface area contributed by atoms with E-state index in [1.54, 1.807) is 26.0 Å². The van der Waals surface area contributed by atoms with E-state index in [0.29, 0.717) is 33.8 Å². The molecule has 1 heterocycles. The molecule has 0 aromatic heterocycles. The molecule has 0 radical (unpaired) electrons. The Bertz CT molecular complexity index is 839. The number of nitrogens with one attached hydrogen (secondary N) is 1. The van der Waals surface area contributed by atoms with Gasteiger partial charge < -0.3 is 4.74 Å². The Hall–Kier alpha value is -3.00. The number of ether oxygens (including phenoxy) is 1. The quantitative estimate of drug-likeness (QED) is 0.492. The molecule has 0 bridgehead atoms. The van der Waals surface area contributed by atoms with Crippen LogP contribution in [-0.2, 0) is 14.4 Å². The van der Waals surface area contributed by atoms with Crippen LogP contribution in [-0.4, -0.2) is 30.8 Å². The van der Waals surface area contributed by atoms with Gasteiger partial charge in [0.1, 0.15) is 0 Å². The number of nitro groups is 1. The highest BCUT2D eigenvalue weighted by Gasteiger charge is 2.35. The number of methoxy groups -OCH3 is 1. The molecule has 0 aliphatic carbocycles. The van der Waals surface area contributed by atoms with E-state index in [1.807, 2.05) is 6.92 Å². The third-order valence-corrected chi connectivity index (χ3v) is 4.17. The molecule has 1 unspecified atom stereocenters. The maximum absolute atomic E-state index is 12.5. The predicted molar refractivity (Wildman–Crippen MR) is 96.5 cm³/mol. The lowest BCUT2D eigenvalue weighted by atomic mass is 9.79. The van der Waals surface area contributed by atoms with Gasteiger partial charge in [0.25, 0.3) is 5.69 Å². The van der Waals surface area contributed by atoms with Crippen LogP contribution in [0, 0.1) is 10.1 Å². The van der Waals surface area contributed by atoms with Crippen molar-refractivity contribution in [2.24, 2.45) is 4.99 Å². The van der Waals surface area contributed by atoms with E-state index in [2.05, 4.69) is 10.5 Å². The number of hydroxylamine groups is 1. The van der Waals surface area contributed by atoms with Crippen molar-refractivity contribution >= 4 is 17.4 Å². The Morgan fingerprint density at radius 1 is 1.31 bits per heavy atom. The molecule has 8 nitrogen and oxygen atoms in total. The molecule has 1 aliphatic heterocycles. The van der Waals surface area contributed by atoms with Gasteiger partial charge in [-0.3, -0.25) is 25.4 Å². The number of aliphatic imine (C=N–C) groups is 1. The van der Waals surface area contributed by atoms with Crippen molar-refractivity contribution in [2.75, 3.05) is 14.2 Å². The number of carbonyl (C=O) groups excluding carboxylic acids is 1. The SMILES string of the molecule is CON/C(C)=C1\C(C)=NC(C)=C(C(=O)OC)C1c1cccc([N+](=O)[O-])c1. The summed E-state index contributed by atoms with van der Waals surface area (Å²) in [5.74, 6) is -1.10.